The monoisotopic (exact) mass is 445 g/mol. The standard InChI is InChI=1S/C19H20FN7OS2/c1-21-18(28)13-2-3-14(17(20)25-13)27-7-4-12(5-8-27)30-16-10-15(23-11-24-16)26-19-22-6-9-29-19/h2-3,6,9-12H,4-5,7-8H2,1H3,(H,21,28)(H,22,23,24,26). The first-order valence-corrected chi connectivity index (χ1v) is 11.2. The lowest BCUT2D eigenvalue weighted by atomic mass is 10.1. The molecule has 1 aliphatic heterocycles. The fourth-order valence-electron chi connectivity index (χ4n) is 3.17. The Bertz CT molecular complexity index is 1010. The molecule has 4 heterocycles. The first kappa shape index (κ1) is 20.5. The van der Waals surface area contributed by atoms with Crippen molar-refractivity contribution in [2.45, 2.75) is 23.1 Å². The second kappa shape index (κ2) is 9.35. The fourth-order valence-corrected chi connectivity index (χ4v) is 4.78. The maximum absolute atomic E-state index is 14.4. The van der Waals surface area contributed by atoms with E-state index < -0.39 is 11.9 Å². The van der Waals surface area contributed by atoms with Crippen molar-refractivity contribution in [2.24, 2.45) is 0 Å². The Labute approximate surface area is 181 Å². The highest BCUT2D eigenvalue weighted by atomic mass is 32.2. The van der Waals surface area contributed by atoms with E-state index in [0.717, 1.165) is 23.0 Å². The zero-order valence-electron chi connectivity index (χ0n) is 16.2. The largest absolute Gasteiger partial charge is 0.368 e. The second-order valence-electron chi connectivity index (χ2n) is 6.59. The average Bonchev–Trinajstić information content (AvgIpc) is 3.27. The van der Waals surface area contributed by atoms with Gasteiger partial charge in [-0.15, -0.1) is 23.1 Å². The van der Waals surface area contributed by atoms with Gasteiger partial charge in [-0.1, -0.05) is 0 Å². The van der Waals surface area contributed by atoms with Gasteiger partial charge >= 0.3 is 0 Å². The minimum atomic E-state index is -0.615. The Balaban J connectivity index is 1.34. The van der Waals surface area contributed by atoms with E-state index in [0.29, 0.717) is 29.8 Å². The summed E-state index contributed by atoms with van der Waals surface area (Å²) in [5.74, 6) is -0.302. The number of halogens is 1. The third kappa shape index (κ3) is 4.85. The number of rotatable bonds is 6. The van der Waals surface area contributed by atoms with Crippen LogP contribution < -0.4 is 15.5 Å². The van der Waals surface area contributed by atoms with E-state index in [-0.39, 0.29) is 5.69 Å². The lowest BCUT2D eigenvalue weighted by Gasteiger charge is -2.33. The van der Waals surface area contributed by atoms with E-state index in [2.05, 4.69) is 30.6 Å². The van der Waals surface area contributed by atoms with Crippen LogP contribution in [0, 0.1) is 5.95 Å². The summed E-state index contributed by atoms with van der Waals surface area (Å²) < 4.78 is 14.4. The number of piperidine rings is 1. The van der Waals surface area contributed by atoms with Gasteiger partial charge in [-0.25, -0.2) is 19.9 Å². The van der Waals surface area contributed by atoms with Crippen molar-refractivity contribution in [3.63, 3.8) is 0 Å². The molecule has 1 amide bonds. The molecule has 0 saturated carbocycles. The van der Waals surface area contributed by atoms with E-state index in [1.807, 2.05) is 16.3 Å². The smallest absolute Gasteiger partial charge is 0.269 e. The summed E-state index contributed by atoms with van der Waals surface area (Å²) in [7, 11) is 1.49. The van der Waals surface area contributed by atoms with E-state index in [4.69, 9.17) is 0 Å². The number of thiazole rings is 1. The van der Waals surface area contributed by atoms with Gasteiger partial charge in [0.05, 0.1) is 5.69 Å². The quantitative estimate of drug-likeness (QED) is 0.441. The summed E-state index contributed by atoms with van der Waals surface area (Å²) in [6.45, 7) is 1.43. The molecule has 1 aliphatic rings. The normalized spacial score (nSPS) is 14.5. The number of aromatic nitrogens is 4. The topological polar surface area (TPSA) is 95.9 Å². The minimum Gasteiger partial charge on any atom is -0.368 e. The molecule has 0 spiro atoms. The number of carbonyl (C=O) groups is 1. The molecule has 1 fully saturated rings. The van der Waals surface area contributed by atoms with Crippen LogP contribution >= 0.6 is 23.1 Å². The average molecular weight is 446 g/mol. The molecule has 0 bridgehead atoms. The molecule has 1 saturated heterocycles. The molecular formula is C19H20FN7OS2. The number of hydrogen-bond donors (Lipinski definition) is 2. The Morgan fingerprint density at radius 2 is 2.10 bits per heavy atom. The van der Waals surface area contributed by atoms with Crippen LogP contribution in [0.4, 0.5) is 21.0 Å². The zero-order valence-corrected chi connectivity index (χ0v) is 17.8. The van der Waals surface area contributed by atoms with Gasteiger partial charge in [0, 0.05) is 43.0 Å². The number of nitrogens with one attached hydrogen (secondary N) is 2. The zero-order chi connectivity index (χ0) is 20.9. The number of nitrogens with zero attached hydrogens (tertiary/aromatic N) is 5. The molecule has 0 aliphatic carbocycles. The maximum Gasteiger partial charge on any atom is 0.269 e. The predicted octanol–water partition coefficient (Wildman–Crippen LogP) is 3.33. The van der Waals surface area contributed by atoms with Crippen LogP contribution in [0.3, 0.4) is 0 Å². The first-order chi connectivity index (χ1) is 14.6. The molecule has 0 radical (unpaired) electrons. The highest BCUT2D eigenvalue weighted by molar-refractivity contribution is 7.99. The first-order valence-electron chi connectivity index (χ1n) is 9.41. The summed E-state index contributed by atoms with van der Waals surface area (Å²) in [5.41, 5.74) is 0.512. The number of thioether (sulfide) groups is 1. The van der Waals surface area contributed by atoms with E-state index >= 15 is 0 Å². The predicted molar refractivity (Wildman–Crippen MR) is 116 cm³/mol. The molecule has 4 rings (SSSR count). The molecule has 11 heteroatoms. The molecule has 30 heavy (non-hydrogen) atoms. The number of hydrogen-bond acceptors (Lipinski definition) is 9. The van der Waals surface area contributed by atoms with E-state index in [9.17, 15) is 9.18 Å². The molecule has 3 aromatic heterocycles. The van der Waals surface area contributed by atoms with Gasteiger partial charge in [-0.05, 0) is 25.0 Å². The molecule has 8 nitrogen and oxygen atoms in total. The Kier molecular flexibility index (Phi) is 6.38. The summed E-state index contributed by atoms with van der Waals surface area (Å²) in [6.07, 6.45) is 5.06. The van der Waals surface area contributed by atoms with Gasteiger partial charge < -0.3 is 15.5 Å². The molecule has 0 atom stereocenters. The van der Waals surface area contributed by atoms with Crippen LogP contribution in [-0.2, 0) is 0 Å². The van der Waals surface area contributed by atoms with Crippen molar-refractivity contribution in [1.82, 2.24) is 25.3 Å². The molecule has 0 aromatic carbocycles. The van der Waals surface area contributed by atoms with Gasteiger partial charge in [-0.2, -0.15) is 4.39 Å². The fraction of sp³-hybridized carbons (Fsp3) is 0.316. The number of anilines is 3. The van der Waals surface area contributed by atoms with Gasteiger partial charge in [0.15, 0.2) is 5.13 Å². The molecule has 156 valence electrons. The maximum atomic E-state index is 14.4. The van der Waals surface area contributed by atoms with Crippen molar-refractivity contribution in [3.8, 4) is 0 Å². The van der Waals surface area contributed by atoms with Crippen LogP contribution in [0.25, 0.3) is 0 Å². The molecular weight excluding hydrogens is 425 g/mol. The Morgan fingerprint density at radius 1 is 1.27 bits per heavy atom. The third-order valence-corrected chi connectivity index (χ3v) is 6.63. The van der Waals surface area contributed by atoms with Crippen LogP contribution in [0.5, 0.6) is 0 Å². The minimum absolute atomic E-state index is 0.0788. The Hall–Kier alpha value is -2.79. The van der Waals surface area contributed by atoms with Crippen molar-refractivity contribution in [2.75, 3.05) is 30.4 Å². The summed E-state index contributed by atoms with van der Waals surface area (Å²) in [6, 6.07) is 5.09. The summed E-state index contributed by atoms with van der Waals surface area (Å²) in [5, 5.41) is 9.58. The van der Waals surface area contributed by atoms with Gasteiger partial charge in [0.25, 0.3) is 5.91 Å². The number of carbonyl (C=O) groups excluding carboxylic acids is 1. The molecule has 0 unspecified atom stereocenters. The summed E-state index contributed by atoms with van der Waals surface area (Å²) in [4.78, 5) is 30.2. The number of amides is 1. The lowest BCUT2D eigenvalue weighted by molar-refractivity contribution is 0.0957. The van der Waals surface area contributed by atoms with E-state index in [1.54, 1.807) is 36.4 Å². The molecule has 2 N–H and O–H groups in total. The third-order valence-electron chi connectivity index (χ3n) is 4.67. The van der Waals surface area contributed by atoms with E-state index in [1.165, 1.54) is 18.4 Å². The molecule has 3 aromatic rings. The van der Waals surface area contributed by atoms with Crippen LogP contribution in [0.1, 0.15) is 23.3 Å². The van der Waals surface area contributed by atoms with Crippen LogP contribution in [-0.4, -0.2) is 51.2 Å². The van der Waals surface area contributed by atoms with Crippen LogP contribution in [0.15, 0.2) is 41.1 Å². The summed E-state index contributed by atoms with van der Waals surface area (Å²) >= 11 is 3.21. The van der Waals surface area contributed by atoms with Crippen molar-refractivity contribution in [1.29, 1.82) is 0 Å². The van der Waals surface area contributed by atoms with Crippen LogP contribution in [0.2, 0.25) is 0 Å². The van der Waals surface area contributed by atoms with Crippen molar-refractivity contribution < 1.29 is 9.18 Å². The van der Waals surface area contributed by atoms with Gasteiger partial charge in [0.1, 0.15) is 22.9 Å². The van der Waals surface area contributed by atoms with Crippen molar-refractivity contribution in [3.05, 3.63) is 47.7 Å². The van der Waals surface area contributed by atoms with Crippen molar-refractivity contribution >= 4 is 45.6 Å². The highest BCUT2D eigenvalue weighted by Gasteiger charge is 2.23. The second-order valence-corrected chi connectivity index (χ2v) is 8.81. The van der Waals surface area contributed by atoms with Gasteiger partial charge in [0.2, 0.25) is 5.95 Å². The Morgan fingerprint density at radius 3 is 2.80 bits per heavy atom. The SMILES string of the molecule is CNC(=O)c1ccc(N2CCC(Sc3cc(Nc4nccs4)ncn3)CC2)c(F)n1. The highest BCUT2D eigenvalue weighted by Crippen LogP contribution is 2.32. The lowest BCUT2D eigenvalue weighted by Crippen LogP contribution is -2.35. The van der Waals surface area contributed by atoms with Gasteiger partial charge in [-0.3, -0.25) is 4.79 Å². The number of pyridine rings is 1.